The number of unbranched alkanes of at least 4 members (excludes halogenated alkanes) is 1. The molecule has 0 heterocycles. The third-order valence-electron chi connectivity index (χ3n) is 3.20. The molecule has 1 N–H and O–H groups in total. The van der Waals surface area contributed by atoms with Crippen LogP contribution < -0.4 is 4.74 Å². The van der Waals surface area contributed by atoms with Crippen molar-refractivity contribution >= 4 is 11.9 Å². The van der Waals surface area contributed by atoms with E-state index in [1.807, 2.05) is 42.5 Å². The predicted molar refractivity (Wildman–Crippen MR) is 88.1 cm³/mol. The summed E-state index contributed by atoms with van der Waals surface area (Å²) in [7, 11) is 0. The van der Waals surface area contributed by atoms with Gasteiger partial charge in [-0.05, 0) is 31.1 Å². The van der Waals surface area contributed by atoms with E-state index in [0.717, 1.165) is 24.2 Å². The molecule has 0 spiro atoms. The molecule has 0 aliphatic carbocycles. The van der Waals surface area contributed by atoms with E-state index in [1.165, 1.54) is 0 Å². The monoisotopic (exact) mass is 296 g/mol. The smallest absolute Gasteiger partial charge is 0.185 e. The standard InChI is InChI=1S/C19H20O3/c20-14-6-7-15-22-19-11-5-4-10-17(19)12-13-18(21)16-8-2-1-3-9-16/h1-5,8-13,20H,6-7,14-15H2/b13-12+. The lowest BCUT2D eigenvalue weighted by atomic mass is 10.1. The number of rotatable bonds is 8. The summed E-state index contributed by atoms with van der Waals surface area (Å²) in [6.45, 7) is 0.731. The summed E-state index contributed by atoms with van der Waals surface area (Å²) in [6, 6.07) is 16.8. The van der Waals surface area contributed by atoms with Crippen molar-refractivity contribution in [2.75, 3.05) is 13.2 Å². The van der Waals surface area contributed by atoms with Crippen LogP contribution in [0.4, 0.5) is 0 Å². The first-order valence-electron chi connectivity index (χ1n) is 7.41. The maximum Gasteiger partial charge on any atom is 0.185 e. The Morgan fingerprint density at radius 1 is 1.00 bits per heavy atom. The fourth-order valence-corrected chi connectivity index (χ4v) is 2.01. The molecule has 3 nitrogen and oxygen atoms in total. The Balaban J connectivity index is 2.02. The summed E-state index contributed by atoms with van der Waals surface area (Å²) in [5, 5.41) is 8.77. The van der Waals surface area contributed by atoms with Crippen LogP contribution in [0.5, 0.6) is 5.75 Å². The maximum atomic E-state index is 12.1. The molecule has 2 aromatic rings. The van der Waals surface area contributed by atoms with Crippen LogP contribution in [0.3, 0.4) is 0 Å². The zero-order valence-electron chi connectivity index (χ0n) is 12.4. The number of benzene rings is 2. The molecule has 0 aromatic heterocycles. The van der Waals surface area contributed by atoms with Gasteiger partial charge in [-0.3, -0.25) is 4.79 Å². The number of hydrogen-bond donors (Lipinski definition) is 1. The van der Waals surface area contributed by atoms with Crippen molar-refractivity contribution in [1.29, 1.82) is 0 Å². The Hall–Kier alpha value is -2.39. The highest BCUT2D eigenvalue weighted by Gasteiger charge is 2.03. The van der Waals surface area contributed by atoms with Crippen molar-refractivity contribution in [1.82, 2.24) is 0 Å². The van der Waals surface area contributed by atoms with E-state index >= 15 is 0 Å². The van der Waals surface area contributed by atoms with E-state index < -0.39 is 0 Å². The summed E-state index contributed by atoms with van der Waals surface area (Å²) in [6.07, 6.45) is 4.87. The van der Waals surface area contributed by atoms with Crippen molar-refractivity contribution in [3.05, 3.63) is 71.8 Å². The normalized spacial score (nSPS) is 10.8. The third-order valence-corrected chi connectivity index (χ3v) is 3.20. The molecule has 0 saturated carbocycles. The zero-order valence-corrected chi connectivity index (χ0v) is 12.4. The Kier molecular flexibility index (Phi) is 6.39. The Labute approximate surface area is 130 Å². The molecule has 0 amide bonds. The van der Waals surface area contributed by atoms with Crippen molar-refractivity contribution in [2.45, 2.75) is 12.8 Å². The molecule has 22 heavy (non-hydrogen) atoms. The Bertz CT molecular complexity index is 618. The minimum absolute atomic E-state index is 0.0318. The minimum Gasteiger partial charge on any atom is -0.493 e. The molecular formula is C19H20O3. The maximum absolute atomic E-state index is 12.1. The van der Waals surface area contributed by atoms with Gasteiger partial charge in [-0.2, -0.15) is 0 Å². The summed E-state index contributed by atoms with van der Waals surface area (Å²) in [5.74, 6) is 0.716. The number of allylic oxidation sites excluding steroid dienone is 1. The fourth-order valence-electron chi connectivity index (χ4n) is 2.01. The van der Waals surface area contributed by atoms with E-state index in [0.29, 0.717) is 12.2 Å². The van der Waals surface area contributed by atoms with Gasteiger partial charge in [-0.15, -0.1) is 0 Å². The van der Waals surface area contributed by atoms with E-state index in [2.05, 4.69) is 0 Å². The van der Waals surface area contributed by atoms with Crippen LogP contribution in [0.25, 0.3) is 6.08 Å². The molecule has 0 fully saturated rings. The highest BCUT2D eigenvalue weighted by Crippen LogP contribution is 2.20. The van der Waals surface area contributed by atoms with Gasteiger partial charge >= 0.3 is 0 Å². The van der Waals surface area contributed by atoms with Crippen LogP contribution in [-0.2, 0) is 0 Å². The summed E-state index contributed by atoms with van der Waals surface area (Å²) >= 11 is 0. The van der Waals surface area contributed by atoms with Gasteiger partial charge < -0.3 is 9.84 Å². The van der Waals surface area contributed by atoms with Gasteiger partial charge in [-0.25, -0.2) is 0 Å². The van der Waals surface area contributed by atoms with Gasteiger partial charge in [0.25, 0.3) is 0 Å². The predicted octanol–water partition coefficient (Wildman–Crippen LogP) is 3.73. The van der Waals surface area contributed by atoms with E-state index in [4.69, 9.17) is 9.84 Å². The molecular weight excluding hydrogens is 276 g/mol. The number of carbonyl (C=O) groups is 1. The average Bonchev–Trinajstić information content (AvgIpc) is 2.58. The second-order valence-electron chi connectivity index (χ2n) is 4.88. The van der Waals surface area contributed by atoms with Crippen LogP contribution in [0.1, 0.15) is 28.8 Å². The largest absolute Gasteiger partial charge is 0.493 e. The third kappa shape index (κ3) is 4.86. The fraction of sp³-hybridized carbons (Fsp3) is 0.211. The van der Waals surface area contributed by atoms with Crippen molar-refractivity contribution in [2.24, 2.45) is 0 Å². The molecule has 0 atom stereocenters. The number of para-hydroxylation sites is 1. The van der Waals surface area contributed by atoms with Crippen LogP contribution in [0, 0.1) is 0 Å². The molecule has 0 unspecified atom stereocenters. The number of aliphatic hydroxyl groups is 1. The second-order valence-corrected chi connectivity index (χ2v) is 4.88. The first-order chi connectivity index (χ1) is 10.8. The minimum atomic E-state index is -0.0318. The first kappa shape index (κ1) is 16.0. The number of aliphatic hydroxyl groups excluding tert-OH is 1. The van der Waals surface area contributed by atoms with Crippen LogP contribution >= 0.6 is 0 Å². The molecule has 0 radical (unpaired) electrons. The molecule has 0 bridgehead atoms. The van der Waals surface area contributed by atoms with E-state index in [-0.39, 0.29) is 12.4 Å². The van der Waals surface area contributed by atoms with Gasteiger partial charge in [0.05, 0.1) is 6.61 Å². The second kappa shape index (κ2) is 8.80. The Morgan fingerprint density at radius 3 is 2.50 bits per heavy atom. The van der Waals surface area contributed by atoms with E-state index in [9.17, 15) is 4.79 Å². The number of ether oxygens (including phenoxy) is 1. The molecule has 0 saturated heterocycles. The number of carbonyl (C=O) groups excluding carboxylic acids is 1. The highest BCUT2D eigenvalue weighted by molar-refractivity contribution is 6.06. The number of hydrogen-bond acceptors (Lipinski definition) is 3. The lowest BCUT2D eigenvalue weighted by molar-refractivity contribution is 0.104. The Morgan fingerprint density at radius 2 is 1.73 bits per heavy atom. The van der Waals surface area contributed by atoms with E-state index in [1.54, 1.807) is 24.3 Å². The highest BCUT2D eigenvalue weighted by atomic mass is 16.5. The number of ketones is 1. The van der Waals surface area contributed by atoms with Gasteiger partial charge in [0.2, 0.25) is 0 Å². The van der Waals surface area contributed by atoms with Gasteiger partial charge in [0.15, 0.2) is 5.78 Å². The molecule has 0 aliphatic heterocycles. The summed E-state index contributed by atoms with van der Waals surface area (Å²) in [5.41, 5.74) is 1.54. The molecule has 114 valence electrons. The lowest BCUT2D eigenvalue weighted by Gasteiger charge is -2.08. The molecule has 2 rings (SSSR count). The van der Waals surface area contributed by atoms with Crippen molar-refractivity contribution < 1.29 is 14.6 Å². The topological polar surface area (TPSA) is 46.5 Å². The quantitative estimate of drug-likeness (QED) is 0.458. The molecule has 0 aliphatic rings. The van der Waals surface area contributed by atoms with Crippen LogP contribution in [0.2, 0.25) is 0 Å². The lowest BCUT2D eigenvalue weighted by Crippen LogP contribution is -2.00. The van der Waals surface area contributed by atoms with Gasteiger partial charge in [0, 0.05) is 17.7 Å². The molecule has 2 aromatic carbocycles. The van der Waals surface area contributed by atoms with Crippen LogP contribution in [-0.4, -0.2) is 24.1 Å². The van der Waals surface area contributed by atoms with Crippen LogP contribution in [0.15, 0.2) is 60.7 Å². The summed E-state index contributed by atoms with van der Waals surface area (Å²) in [4.78, 5) is 12.1. The van der Waals surface area contributed by atoms with Crippen molar-refractivity contribution in [3.63, 3.8) is 0 Å². The van der Waals surface area contributed by atoms with Gasteiger partial charge in [-0.1, -0.05) is 48.5 Å². The molecule has 3 heteroatoms. The van der Waals surface area contributed by atoms with Gasteiger partial charge in [0.1, 0.15) is 5.75 Å². The van der Waals surface area contributed by atoms with Crippen molar-refractivity contribution in [3.8, 4) is 5.75 Å². The summed E-state index contributed by atoms with van der Waals surface area (Å²) < 4.78 is 5.70. The average molecular weight is 296 g/mol. The SMILES string of the molecule is O=C(/C=C/c1ccccc1OCCCCO)c1ccccc1. The first-order valence-corrected chi connectivity index (χ1v) is 7.41. The zero-order chi connectivity index (χ0) is 15.6.